The molecule has 8 heteroatoms. The Kier molecular flexibility index (Phi) is 4.99. The Morgan fingerprint density at radius 1 is 1.22 bits per heavy atom. The van der Waals surface area contributed by atoms with Crippen molar-refractivity contribution in [2.45, 2.75) is 25.6 Å². The third kappa shape index (κ3) is 5.27. The van der Waals surface area contributed by atoms with Crippen LogP contribution in [0, 0.1) is 5.82 Å². The van der Waals surface area contributed by atoms with Crippen LogP contribution in [0.5, 0.6) is 5.75 Å². The summed E-state index contributed by atoms with van der Waals surface area (Å²) in [6.07, 6.45) is -0.439. The van der Waals surface area contributed by atoms with Gasteiger partial charge >= 0.3 is 0 Å². The number of carbonyl (C=O) groups excluding carboxylic acids is 1. The Morgan fingerprint density at radius 2 is 1.96 bits per heavy atom. The van der Waals surface area contributed by atoms with Crippen molar-refractivity contribution in [1.29, 1.82) is 0 Å². The van der Waals surface area contributed by atoms with Gasteiger partial charge in [0.2, 0.25) is 0 Å². The molecule has 0 bridgehead atoms. The highest BCUT2D eigenvalue weighted by Crippen LogP contribution is 2.23. The molecular formula is C19H20FNO5S. The van der Waals surface area contributed by atoms with E-state index in [4.69, 9.17) is 11.7 Å². The molecule has 2 aromatic carbocycles. The van der Waals surface area contributed by atoms with Gasteiger partial charge < -0.3 is 9.64 Å². The van der Waals surface area contributed by atoms with Crippen LogP contribution in [0.4, 0.5) is 4.39 Å². The fourth-order valence-electron chi connectivity index (χ4n) is 2.64. The first-order chi connectivity index (χ1) is 13.6. The third-order valence-corrected chi connectivity index (χ3v) is 4.46. The lowest BCUT2D eigenvalue weighted by Gasteiger charge is -2.17. The Hall–Kier alpha value is -2.45. The van der Waals surface area contributed by atoms with Crippen molar-refractivity contribution in [3.8, 4) is 5.75 Å². The molecule has 1 saturated heterocycles. The fourth-order valence-corrected chi connectivity index (χ4v) is 3.24. The molecule has 0 unspecified atom stereocenters. The Morgan fingerprint density at radius 3 is 2.63 bits per heavy atom. The van der Waals surface area contributed by atoms with Crippen LogP contribution >= 0.6 is 0 Å². The Bertz CT molecular complexity index is 1000. The molecule has 1 amide bonds. The SMILES string of the molecule is [2H]C([2H])(c1ccc(OCc2ccccc2)c(F)c1)N1CC[C@H](OS(C)(=O)=O)C1=O. The number of carbonyl (C=O) groups is 1. The Labute approximate surface area is 160 Å². The average molecular weight is 395 g/mol. The van der Waals surface area contributed by atoms with Gasteiger partial charge in [0.15, 0.2) is 17.7 Å². The second-order valence-electron chi connectivity index (χ2n) is 6.10. The molecule has 3 rings (SSSR count). The van der Waals surface area contributed by atoms with Gasteiger partial charge in [-0.3, -0.25) is 8.98 Å². The standard InChI is InChI=1S/C19H20FNO5S/c1-27(23,24)26-18-9-10-21(19(18)22)12-15-7-8-17(16(20)11-15)25-13-14-5-3-2-4-6-14/h2-8,11,18H,9-10,12-13H2,1H3/t18-/m0/s1/i12D2. The van der Waals surface area contributed by atoms with E-state index in [0.717, 1.165) is 22.8 Å². The molecule has 0 saturated carbocycles. The van der Waals surface area contributed by atoms with Crippen molar-refractivity contribution in [1.82, 2.24) is 4.90 Å². The molecule has 144 valence electrons. The normalized spacial score (nSPS) is 19.0. The van der Waals surface area contributed by atoms with Crippen LogP contribution in [0.2, 0.25) is 0 Å². The summed E-state index contributed by atoms with van der Waals surface area (Å²) < 4.78 is 63.7. The van der Waals surface area contributed by atoms with Gasteiger partial charge in [-0.1, -0.05) is 36.4 Å². The minimum absolute atomic E-state index is 0.0200. The van der Waals surface area contributed by atoms with E-state index in [9.17, 15) is 17.6 Å². The number of halogens is 1. The lowest BCUT2D eigenvalue weighted by molar-refractivity contribution is -0.133. The molecule has 0 radical (unpaired) electrons. The number of likely N-dealkylation sites (tertiary alicyclic amines) is 1. The first-order valence-corrected chi connectivity index (χ1v) is 10.1. The zero-order chi connectivity index (χ0) is 21.2. The number of hydrogen-bond donors (Lipinski definition) is 0. The van der Waals surface area contributed by atoms with Crippen LogP contribution in [0.25, 0.3) is 0 Å². The van der Waals surface area contributed by atoms with Crippen molar-refractivity contribution in [3.05, 3.63) is 65.5 Å². The molecule has 6 nitrogen and oxygen atoms in total. The first kappa shape index (κ1) is 16.7. The zero-order valence-corrected chi connectivity index (χ0v) is 15.4. The summed E-state index contributed by atoms with van der Waals surface area (Å²) in [5.74, 6) is -1.61. The summed E-state index contributed by atoms with van der Waals surface area (Å²) in [7, 11) is -3.86. The fraction of sp³-hybridized carbons (Fsp3) is 0.316. The maximum absolute atomic E-state index is 14.5. The van der Waals surface area contributed by atoms with Gasteiger partial charge in [-0.05, 0) is 23.3 Å². The Balaban J connectivity index is 1.74. The van der Waals surface area contributed by atoms with E-state index in [-0.39, 0.29) is 30.9 Å². The topological polar surface area (TPSA) is 72.9 Å². The van der Waals surface area contributed by atoms with Crippen molar-refractivity contribution in [3.63, 3.8) is 0 Å². The molecular weight excluding hydrogens is 373 g/mol. The molecule has 1 aliphatic rings. The van der Waals surface area contributed by atoms with Gasteiger partial charge in [0.25, 0.3) is 16.0 Å². The molecule has 1 fully saturated rings. The predicted octanol–water partition coefficient (Wildman–Crippen LogP) is 2.48. The first-order valence-electron chi connectivity index (χ1n) is 9.24. The van der Waals surface area contributed by atoms with E-state index in [1.54, 1.807) is 0 Å². The second-order valence-corrected chi connectivity index (χ2v) is 7.70. The van der Waals surface area contributed by atoms with Crippen molar-refractivity contribution >= 4 is 16.0 Å². The summed E-state index contributed by atoms with van der Waals surface area (Å²) in [5.41, 5.74) is 0.765. The van der Waals surface area contributed by atoms with Crippen LogP contribution in [0.15, 0.2) is 48.5 Å². The molecule has 0 N–H and O–H groups in total. The molecule has 1 atom stereocenters. The van der Waals surface area contributed by atoms with Crippen molar-refractivity contribution in [2.75, 3.05) is 12.8 Å². The van der Waals surface area contributed by atoms with Gasteiger partial charge in [-0.25, -0.2) is 4.39 Å². The van der Waals surface area contributed by atoms with E-state index >= 15 is 0 Å². The van der Waals surface area contributed by atoms with Crippen LogP contribution in [0.1, 0.15) is 20.3 Å². The summed E-state index contributed by atoms with van der Waals surface area (Å²) >= 11 is 0. The quantitative estimate of drug-likeness (QED) is 0.674. The minimum Gasteiger partial charge on any atom is -0.486 e. The van der Waals surface area contributed by atoms with E-state index < -0.39 is 34.4 Å². The highest BCUT2D eigenvalue weighted by molar-refractivity contribution is 7.86. The van der Waals surface area contributed by atoms with Gasteiger partial charge in [0.05, 0.1) is 9.00 Å². The largest absolute Gasteiger partial charge is 0.486 e. The van der Waals surface area contributed by atoms with Gasteiger partial charge in [-0.2, -0.15) is 8.42 Å². The van der Waals surface area contributed by atoms with E-state index in [1.165, 1.54) is 12.1 Å². The van der Waals surface area contributed by atoms with E-state index in [2.05, 4.69) is 0 Å². The monoisotopic (exact) mass is 395 g/mol. The molecule has 0 aromatic heterocycles. The number of nitrogens with zero attached hydrogens (tertiary/aromatic N) is 1. The smallest absolute Gasteiger partial charge is 0.265 e. The van der Waals surface area contributed by atoms with E-state index in [1.807, 2.05) is 30.3 Å². The number of ether oxygens (including phenoxy) is 1. The molecule has 0 spiro atoms. The van der Waals surface area contributed by atoms with Crippen LogP contribution < -0.4 is 4.74 Å². The van der Waals surface area contributed by atoms with Gasteiger partial charge in [-0.15, -0.1) is 0 Å². The number of rotatable bonds is 7. The number of hydrogen-bond acceptors (Lipinski definition) is 5. The molecule has 1 heterocycles. The number of benzene rings is 2. The van der Waals surface area contributed by atoms with Gasteiger partial charge in [0, 0.05) is 19.5 Å². The summed E-state index contributed by atoms with van der Waals surface area (Å²) in [6, 6.07) is 12.8. The molecule has 2 aromatic rings. The molecule has 1 aliphatic heterocycles. The lowest BCUT2D eigenvalue weighted by Crippen LogP contribution is -2.31. The third-order valence-electron chi connectivity index (χ3n) is 3.88. The minimum atomic E-state index is -3.86. The average Bonchev–Trinajstić information content (AvgIpc) is 3.01. The molecule has 0 aliphatic carbocycles. The molecule has 27 heavy (non-hydrogen) atoms. The summed E-state index contributed by atoms with van der Waals surface area (Å²) in [6.45, 7) is -2.25. The second kappa shape index (κ2) is 8.06. The lowest BCUT2D eigenvalue weighted by atomic mass is 10.2. The van der Waals surface area contributed by atoms with Crippen LogP contribution in [-0.2, 0) is 32.2 Å². The van der Waals surface area contributed by atoms with E-state index in [0.29, 0.717) is 0 Å². The van der Waals surface area contributed by atoms with Crippen molar-refractivity contribution < 1.29 is 29.3 Å². The van der Waals surface area contributed by atoms with Crippen LogP contribution in [0.3, 0.4) is 0 Å². The number of amides is 1. The zero-order valence-electron chi connectivity index (χ0n) is 16.6. The predicted molar refractivity (Wildman–Crippen MR) is 96.9 cm³/mol. The maximum atomic E-state index is 14.5. The highest BCUT2D eigenvalue weighted by atomic mass is 32.2. The van der Waals surface area contributed by atoms with Crippen molar-refractivity contribution in [2.24, 2.45) is 0 Å². The summed E-state index contributed by atoms with van der Waals surface area (Å²) in [4.78, 5) is 13.2. The van der Waals surface area contributed by atoms with Gasteiger partial charge in [0.1, 0.15) is 6.61 Å². The maximum Gasteiger partial charge on any atom is 0.265 e. The summed E-state index contributed by atoms with van der Waals surface area (Å²) in [5, 5.41) is 0. The van der Waals surface area contributed by atoms with Crippen LogP contribution in [-0.4, -0.2) is 38.1 Å². The highest BCUT2D eigenvalue weighted by Gasteiger charge is 2.34.